The molecule has 13 heavy (non-hydrogen) atoms. The van der Waals surface area contributed by atoms with E-state index in [-0.39, 0.29) is 6.61 Å². The van der Waals surface area contributed by atoms with E-state index in [2.05, 4.69) is 12.6 Å². The smallest absolute Gasteiger partial charge is 0.0706 e. The molecule has 0 unspecified atom stereocenters. The summed E-state index contributed by atoms with van der Waals surface area (Å²) in [6, 6.07) is 3.79. The molecular weight excluding hydrogens is 202 g/mol. The Labute approximate surface area is 85.4 Å². The van der Waals surface area contributed by atoms with Gasteiger partial charge in [0.15, 0.2) is 0 Å². The van der Waals surface area contributed by atoms with E-state index >= 15 is 0 Å². The topological polar surface area (TPSA) is 46.2 Å². The highest BCUT2D eigenvalue weighted by atomic mass is 32.1. The van der Waals surface area contributed by atoms with Crippen LogP contribution in [-0.2, 0) is 6.61 Å². The lowest BCUT2D eigenvalue weighted by Gasteiger charge is -2.02. The van der Waals surface area contributed by atoms with E-state index in [0.29, 0.717) is 0 Å². The maximum Gasteiger partial charge on any atom is 0.0706 e. The van der Waals surface area contributed by atoms with Crippen molar-refractivity contribution in [3.05, 3.63) is 23.1 Å². The van der Waals surface area contributed by atoms with Crippen LogP contribution in [0.15, 0.2) is 22.4 Å². The van der Waals surface area contributed by atoms with Crippen molar-refractivity contribution < 1.29 is 5.11 Å². The Balaban J connectivity index is 2.85. The van der Waals surface area contributed by atoms with Crippen LogP contribution in [0.4, 0.5) is 5.69 Å². The molecule has 0 spiro atoms. The first-order valence-corrected chi connectivity index (χ1v) is 5.15. The van der Waals surface area contributed by atoms with E-state index in [9.17, 15) is 0 Å². The molecule has 2 nitrogen and oxygen atoms in total. The molecule has 0 aliphatic carbocycles. The molecule has 0 fully saturated rings. The molecule has 1 aromatic carbocycles. The maximum absolute atomic E-state index is 9.14. The average Bonchev–Trinajstić information content (AvgIpc) is 2.48. The predicted octanol–water partition coefficient (Wildman–Crippen LogP) is 2.26. The Morgan fingerprint density at radius 2 is 2.23 bits per heavy atom. The first kappa shape index (κ1) is 8.87. The molecule has 4 heteroatoms. The number of nitrogens with two attached hydrogens (primary N) is 1. The van der Waals surface area contributed by atoms with Gasteiger partial charge in [-0.05, 0) is 6.07 Å². The molecule has 0 saturated heterocycles. The van der Waals surface area contributed by atoms with Crippen molar-refractivity contribution >= 4 is 39.7 Å². The largest absolute Gasteiger partial charge is 0.398 e. The Morgan fingerprint density at radius 3 is 2.92 bits per heavy atom. The molecule has 68 valence electrons. The number of hydrogen-bond donors (Lipinski definition) is 3. The van der Waals surface area contributed by atoms with Crippen LogP contribution in [0.25, 0.3) is 10.1 Å². The van der Waals surface area contributed by atoms with Crippen molar-refractivity contribution in [2.75, 3.05) is 5.73 Å². The fourth-order valence-corrected chi connectivity index (χ4v) is 2.65. The second kappa shape index (κ2) is 3.21. The summed E-state index contributed by atoms with van der Waals surface area (Å²) in [5, 5.41) is 12.0. The number of rotatable bonds is 1. The maximum atomic E-state index is 9.14. The molecule has 1 heterocycles. The Morgan fingerprint density at radius 1 is 1.46 bits per heavy atom. The summed E-state index contributed by atoms with van der Waals surface area (Å²) in [6.45, 7) is 0.0100. The molecular formula is C9H9NOS2. The van der Waals surface area contributed by atoms with Gasteiger partial charge in [-0.2, -0.15) is 0 Å². The highest BCUT2D eigenvalue weighted by molar-refractivity contribution is 7.80. The standard InChI is InChI=1S/C9H9NOS2/c10-7-4-13-9-5(7)1-2-8(12)6(9)3-11/h1-2,4,11-12H,3,10H2. The van der Waals surface area contributed by atoms with E-state index < -0.39 is 0 Å². The zero-order chi connectivity index (χ0) is 9.42. The number of aliphatic hydroxyl groups is 1. The molecule has 0 aliphatic heterocycles. The third-order valence-corrected chi connectivity index (χ3v) is 3.50. The molecule has 1 aromatic heterocycles. The molecule has 2 aromatic rings. The SMILES string of the molecule is Nc1csc2c(CO)c(S)ccc12. The van der Waals surface area contributed by atoms with Crippen LogP contribution < -0.4 is 5.73 Å². The highest BCUT2D eigenvalue weighted by Gasteiger charge is 2.07. The van der Waals surface area contributed by atoms with E-state index in [1.807, 2.05) is 17.5 Å². The monoisotopic (exact) mass is 211 g/mol. The molecule has 0 saturated carbocycles. The fraction of sp³-hybridized carbons (Fsp3) is 0.111. The summed E-state index contributed by atoms with van der Waals surface area (Å²) >= 11 is 5.81. The van der Waals surface area contributed by atoms with Crippen molar-refractivity contribution in [3.63, 3.8) is 0 Å². The van der Waals surface area contributed by atoms with Gasteiger partial charge in [0.05, 0.1) is 12.3 Å². The summed E-state index contributed by atoms with van der Waals surface area (Å²) in [7, 11) is 0. The van der Waals surface area contributed by atoms with Gasteiger partial charge in [0.2, 0.25) is 0 Å². The Hall–Kier alpha value is -0.710. The molecule has 0 amide bonds. The zero-order valence-corrected chi connectivity index (χ0v) is 8.53. The minimum atomic E-state index is 0.0100. The molecule has 3 N–H and O–H groups in total. The second-order valence-corrected chi connectivity index (χ2v) is 4.15. The summed E-state index contributed by atoms with van der Waals surface area (Å²) in [5.41, 5.74) is 7.38. The van der Waals surface area contributed by atoms with Gasteiger partial charge in [0.1, 0.15) is 0 Å². The number of hydrogen-bond acceptors (Lipinski definition) is 4. The quantitative estimate of drug-likeness (QED) is 0.634. The van der Waals surface area contributed by atoms with Crippen LogP contribution in [0, 0.1) is 0 Å². The lowest BCUT2D eigenvalue weighted by atomic mass is 10.1. The van der Waals surface area contributed by atoms with Crippen molar-refractivity contribution in [2.45, 2.75) is 11.5 Å². The van der Waals surface area contributed by atoms with Crippen LogP contribution in [0.3, 0.4) is 0 Å². The van der Waals surface area contributed by atoms with Gasteiger partial charge in [0, 0.05) is 25.9 Å². The average molecular weight is 211 g/mol. The van der Waals surface area contributed by atoms with Crippen LogP contribution in [0.5, 0.6) is 0 Å². The van der Waals surface area contributed by atoms with Gasteiger partial charge in [-0.1, -0.05) is 6.07 Å². The highest BCUT2D eigenvalue weighted by Crippen LogP contribution is 2.33. The lowest BCUT2D eigenvalue weighted by Crippen LogP contribution is -1.87. The van der Waals surface area contributed by atoms with E-state index in [1.54, 1.807) is 11.3 Å². The Bertz CT molecular complexity index is 450. The second-order valence-electron chi connectivity index (χ2n) is 2.79. The van der Waals surface area contributed by atoms with Gasteiger partial charge in [-0.15, -0.1) is 24.0 Å². The van der Waals surface area contributed by atoms with Crippen molar-refractivity contribution in [3.8, 4) is 0 Å². The molecule has 2 rings (SSSR count). The van der Waals surface area contributed by atoms with Crippen LogP contribution >= 0.6 is 24.0 Å². The summed E-state index contributed by atoms with van der Waals surface area (Å²) in [6.07, 6.45) is 0. The van der Waals surface area contributed by atoms with Gasteiger partial charge in [-0.25, -0.2) is 0 Å². The van der Waals surface area contributed by atoms with Crippen molar-refractivity contribution in [1.82, 2.24) is 0 Å². The summed E-state index contributed by atoms with van der Waals surface area (Å²) in [5.74, 6) is 0. The van der Waals surface area contributed by atoms with Gasteiger partial charge in [0.25, 0.3) is 0 Å². The van der Waals surface area contributed by atoms with Crippen LogP contribution in [-0.4, -0.2) is 5.11 Å². The zero-order valence-electron chi connectivity index (χ0n) is 6.82. The van der Waals surface area contributed by atoms with Gasteiger partial charge >= 0.3 is 0 Å². The number of nitrogen functional groups attached to an aromatic ring is 1. The van der Waals surface area contributed by atoms with E-state index in [1.165, 1.54) is 0 Å². The lowest BCUT2D eigenvalue weighted by molar-refractivity contribution is 0.281. The van der Waals surface area contributed by atoms with E-state index in [4.69, 9.17) is 10.8 Å². The first-order chi connectivity index (χ1) is 6.24. The number of anilines is 1. The molecule has 0 aliphatic rings. The minimum absolute atomic E-state index is 0.0100. The molecule has 0 radical (unpaired) electrons. The number of aliphatic hydroxyl groups excluding tert-OH is 1. The Kier molecular flexibility index (Phi) is 2.19. The first-order valence-electron chi connectivity index (χ1n) is 3.82. The number of thiol groups is 1. The normalized spacial score (nSPS) is 10.9. The van der Waals surface area contributed by atoms with E-state index in [0.717, 1.165) is 26.2 Å². The molecule has 0 bridgehead atoms. The third kappa shape index (κ3) is 1.31. The molecule has 0 atom stereocenters. The van der Waals surface area contributed by atoms with Crippen molar-refractivity contribution in [2.24, 2.45) is 0 Å². The number of fused-ring (bicyclic) bond motifs is 1. The van der Waals surface area contributed by atoms with Crippen LogP contribution in [0.2, 0.25) is 0 Å². The summed E-state index contributed by atoms with van der Waals surface area (Å²) < 4.78 is 1.03. The number of benzene rings is 1. The number of thiophene rings is 1. The van der Waals surface area contributed by atoms with Gasteiger partial charge < -0.3 is 10.8 Å². The van der Waals surface area contributed by atoms with Gasteiger partial charge in [-0.3, -0.25) is 0 Å². The third-order valence-electron chi connectivity index (χ3n) is 2.01. The van der Waals surface area contributed by atoms with Crippen molar-refractivity contribution in [1.29, 1.82) is 0 Å². The summed E-state index contributed by atoms with van der Waals surface area (Å²) in [4.78, 5) is 0.817. The van der Waals surface area contributed by atoms with Crippen LogP contribution in [0.1, 0.15) is 5.56 Å². The minimum Gasteiger partial charge on any atom is -0.398 e. The predicted molar refractivity (Wildman–Crippen MR) is 59.4 cm³/mol. The fourth-order valence-electron chi connectivity index (χ4n) is 1.32.